The molecule has 27 heavy (non-hydrogen) atoms. The second-order valence-electron chi connectivity index (χ2n) is 5.83. The number of hydrogen-bond donors (Lipinski definition) is 3. The SMILES string of the molecule is C[C@H](CO)Nc1nc(Nc2cccc(F)c2C#N)cc(-c2cccnc2)n1. The Hall–Kier alpha value is -3.57. The quantitative estimate of drug-likeness (QED) is 0.617. The first-order chi connectivity index (χ1) is 13.1. The molecular weight excluding hydrogens is 347 g/mol. The second-order valence-corrected chi connectivity index (χ2v) is 5.83. The van der Waals surface area contributed by atoms with Crippen LogP contribution in [0.25, 0.3) is 11.3 Å². The van der Waals surface area contributed by atoms with Crippen molar-refractivity contribution in [2.24, 2.45) is 0 Å². The molecule has 136 valence electrons. The third-order valence-electron chi connectivity index (χ3n) is 3.72. The Morgan fingerprint density at radius 3 is 2.81 bits per heavy atom. The molecule has 7 nitrogen and oxygen atoms in total. The smallest absolute Gasteiger partial charge is 0.225 e. The first kappa shape index (κ1) is 18.2. The van der Waals surface area contributed by atoms with Crippen molar-refractivity contribution in [3.05, 3.63) is 60.2 Å². The molecule has 0 amide bonds. The van der Waals surface area contributed by atoms with E-state index in [0.717, 1.165) is 5.56 Å². The molecule has 0 aliphatic carbocycles. The summed E-state index contributed by atoms with van der Waals surface area (Å²) in [5, 5.41) is 24.4. The summed E-state index contributed by atoms with van der Waals surface area (Å²) in [5.41, 5.74) is 1.55. The van der Waals surface area contributed by atoms with Crippen LogP contribution in [-0.4, -0.2) is 32.7 Å². The molecule has 0 unspecified atom stereocenters. The number of nitrogens with zero attached hydrogens (tertiary/aromatic N) is 4. The van der Waals surface area contributed by atoms with Gasteiger partial charge < -0.3 is 15.7 Å². The topological polar surface area (TPSA) is 107 Å². The van der Waals surface area contributed by atoms with Crippen LogP contribution in [0.2, 0.25) is 0 Å². The number of pyridine rings is 1. The van der Waals surface area contributed by atoms with Crippen molar-refractivity contribution in [3.8, 4) is 17.3 Å². The van der Waals surface area contributed by atoms with E-state index in [-0.39, 0.29) is 24.2 Å². The number of aliphatic hydroxyl groups excluding tert-OH is 1. The molecular formula is C19H17FN6O. The molecule has 0 aliphatic rings. The average molecular weight is 364 g/mol. The molecule has 1 atom stereocenters. The molecule has 3 aromatic rings. The number of hydrogen-bond acceptors (Lipinski definition) is 7. The predicted octanol–water partition coefficient (Wildman–Crippen LogP) is 3.09. The number of benzene rings is 1. The fourth-order valence-corrected chi connectivity index (χ4v) is 2.38. The van der Waals surface area contributed by atoms with E-state index in [1.807, 2.05) is 12.1 Å². The van der Waals surface area contributed by atoms with Gasteiger partial charge >= 0.3 is 0 Å². The lowest BCUT2D eigenvalue weighted by Crippen LogP contribution is -2.21. The Balaban J connectivity index is 2.03. The minimum absolute atomic E-state index is 0.0915. The maximum Gasteiger partial charge on any atom is 0.225 e. The molecule has 0 bridgehead atoms. The molecule has 2 heterocycles. The zero-order valence-electron chi connectivity index (χ0n) is 14.5. The Bertz CT molecular complexity index is 974. The van der Waals surface area contributed by atoms with Gasteiger partial charge in [0.2, 0.25) is 5.95 Å². The standard InChI is InChI=1S/C19H17FN6O/c1-12(11-27)23-19-25-17(13-4-3-7-22-10-13)8-18(26-19)24-16-6-2-5-15(20)14(16)9-21/h2-8,10,12,27H,11H2,1H3,(H2,23,24,25,26)/t12-/m1/s1. The van der Waals surface area contributed by atoms with E-state index >= 15 is 0 Å². The highest BCUT2D eigenvalue weighted by Crippen LogP contribution is 2.26. The van der Waals surface area contributed by atoms with Crippen LogP contribution < -0.4 is 10.6 Å². The molecule has 1 aromatic carbocycles. The summed E-state index contributed by atoms with van der Waals surface area (Å²) in [4.78, 5) is 12.9. The van der Waals surface area contributed by atoms with E-state index in [1.54, 1.807) is 37.5 Å². The summed E-state index contributed by atoms with van der Waals surface area (Å²) >= 11 is 0. The van der Waals surface area contributed by atoms with E-state index < -0.39 is 5.82 Å². The minimum atomic E-state index is -0.615. The van der Waals surface area contributed by atoms with Crippen LogP contribution in [0.1, 0.15) is 12.5 Å². The van der Waals surface area contributed by atoms with Crippen molar-refractivity contribution in [3.63, 3.8) is 0 Å². The number of halogens is 1. The summed E-state index contributed by atoms with van der Waals surface area (Å²) in [6.45, 7) is 1.69. The van der Waals surface area contributed by atoms with E-state index in [2.05, 4.69) is 25.6 Å². The first-order valence-electron chi connectivity index (χ1n) is 8.23. The van der Waals surface area contributed by atoms with Crippen molar-refractivity contribution < 1.29 is 9.50 Å². The molecule has 0 fully saturated rings. The van der Waals surface area contributed by atoms with E-state index in [1.165, 1.54) is 12.1 Å². The van der Waals surface area contributed by atoms with Gasteiger partial charge in [-0.05, 0) is 31.2 Å². The van der Waals surface area contributed by atoms with Gasteiger partial charge in [-0.3, -0.25) is 4.98 Å². The lowest BCUT2D eigenvalue weighted by Gasteiger charge is -2.14. The van der Waals surface area contributed by atoms with Gasteiger partial charge in [0.25, 0.3) is 0 Å². The summed E-state index contributed by atoms with van der Waals surface area (Å²) < 4.78 is 13.9. The highest BCUT2D eigenvalue weighted by molar-refractivity contribution is 5.69. The van der Waals surface area contributed by atoms with Crippen molar-refractivity contribution in [2.75, 3.05) is 17.2 Å². The maximum absolute atomic E-state index is 13.9. The van der Waals surface area contributed by atoms with Crippen molar-refractivity contribution in [2.45, 2.75) is 13.0 Å². The van der Waals surface area contributed by atoms with Crippen LogP contribution in [0.3, 0.4) is 0 Å². The van der Waals surface area contributed by atoms with Crippen molar-refractivity contribution in [1.29, 1.82) is 5.26 Å². The molecule has 0 radical (unpaired) electrons. The first-order valence-corrected chi connectivity index (χ1v) is 8.23. The molecule has 2 aromatic heterocycles. The highest BCUT2D eigenvalue weighted by atomic mass is 19.1. The van der Waals surface area contributed by atoms with Gasteiger partial charge in [0.05, 0.1) is 18.0 Å². The minimum Gasteiger partial charge on any atom is -0.394 e. The van der Waals surface area contributed by atoms with Crippen LogP contribution in [0.15, 0.2) is 48.8 Å². The lowest BCUT2D eigenvalue weighted by atomic mass is 10.1. The molecule has 0 saturated carbocycles. The van der Waals surface area contributed by atoms with Crippen LogP contribution >= 0.6 is 0 Å². The van der Waals surface area contributed by atoms with Crippen molar-refractivity contribution in [1.82, 2.24) is 15.0 Å². The average Bonchev–Trinajstić information content (AvgIpc) is 2.68. The number of nitrogens with one attached hydrogen (secondary N) is 2. The molecule has 3 rings (SSSR count). The molecule has 0 spiro atoms. The van der Waals surface area contributed by atoms with E-state index in [9.17, 15) is 14.8 Å². The Labute approximate surface area is 155 Å². The summed E-state index contributed by atoms with van der Waals surface area (Å²) in [7, 11) is 0. The number of rotatable bonds is 6. The largest absolute Gasteiger partial charge is 0.394 e. The Morgan fingerprint density at radius 1 is 1.26 bits per heavy atom. The van der Waals surface area contributed by atoms with Gasteiger partial charge in [0.15, 0.2) is 0 Å². The van der Waals surface area contributed by atoms with Crippen LogP contribution in [0.5, 0.6) is 0 Å². The van der Waals surface area contributed by atoms with E-state index in [0.29, 0.717) is 17.2 Å². The summed E-state index contributed by atoms with van der Waals surface area (Å²) in [5.74, 6) is 0.0465. The third-order valence-corrected chi connectivity index (χ3v) is 3.72. The van der Waals surface area contributed by atoms with Crippen LogP contribution in [0.4, 0.5) is 21.8 Å². The molecule has 0 aliphatic heterocycles. The lowest BCUT2D eigenvalue weighted by molar-refractivity contribution is 0.281. The van der Waals surface area contributed by atoms with Gasteiger partial charge in [-0.2, -0.15) is 10.2 Å². The van der Waals surface area contributed by atoms with Crippen molar-refractivity contribution >= 4 is 17.5 Å². The number of aliphatic hydroxyl groups is 1. The highest BCUT2D eigenvalue weighted by Gasteiger charge is 2.12. The fraction of sp³-hybridized carbons (Fsp3) is 0.158. The predicted molar refractivity (Wildman–Crippen MR) is 99.8 cm³/mol. The van der Waals surface area contributed by atoms with Crippen LogP contribution in [0, 0.1) is 17.1 Å². The summed E-state index contributed by atoms with van der Waals surface area (Å²) in [6.07, 6.45) is 3.32. The van der Waals surface area contributed by atoms with E-state index in [4.69, 9.17) is 0 Å². The molecule has 0 saturated heterocycles. The second kappa shape index (κ2) is 8.21. The van der Waals surface area contributed by atoms with Gasteiger partial charge in [-0.1, -0.05) is 6.07 Å². The maximum atomic E-state index is 13.9. The monoisotopic (exact) mass is 364 g/mol. The van der Waals surface area contributed by atoms with Gasteiger partial charge in [-0.15, -0.1) is 0 Å². The number of aromatic nitrogens is 3. The molecule has 3 N–H and O–H groups in total. The zero-order chi connectivity index (χ0) is 19.2. The van der Waals surface area contributed by atoms with Crippen LogP contribution in [-0.2, 0) is 0 Å². The fourth-order valence-electron chi connectivity index (χ4n) is 2.38. The number of anilines is 3. The Kier molecular flexibility index (Phi) is 5.54. The third kappa shape index (κ3) is 4.34. The summed E-state index contributed by atoms with van der Waals surface area (Å²) in [6, 6.07) is 11.2. The van der Waals surface area contributed by atoms with Gasteiger partial charge in [0, 0.05) is 30.1 Å². The Morgan fingerprint density at radius 2 is 2.11 bits per heavy atom. The molecule has 8 heteroatoms. The van der Waals surface area contributed by atoms with Gasteiger partial charge in [0.1, 0.15) is 23.3 Å². The number of nitriles is 1. The zero-order valence-corrected chi connectivity index (χ0v) is 14.5. The van der Waals surface area contributed by atoms with Gasteiger partial charge in [-0.25, -0.2) is 9.37 Å². The normalized spacial score (nSPS) is 11.5.